The number of ether oxygens (including phenoxy) is 1. The Morgan fingerprint density at radius 1 is 1.27 bits per heavy atom. The van der Waals surface area contributed by atoms with Gasteiger partial charge in [-0.05, 0) is 19.1 Å². The molecule has 1 saturated heterocycles. The Kier molecular flexibility index (Phi) is 4.92. The highest BCUT2D eigenvalue weighted by Gasteiger charge is 2.25. The number of hydrogen-bond donors (Lipinski definition) is 1. The average Bonchev–Trinajstić information content (AvgIpc) is 2.97. The van der Waals surface area contributed by atoms with Crippen LogP contribution >= 0.6 is 11.6 Å². The molecule has 7 heteroatoms. The van der Waals surface area contributed by atoms with Gasteiger partial charge in [0.15, 0.2) is 0 Å². The summed E-state index contributed by atoms with van der Waals surface area (Å²) in [5.41, 5.74) is 0. The van der Waals surface area contributed by atoms with Gasteiger partial charge in [0.1, 0.15) is 11.5 Å². The van der Waals surface area contributed by atoms with E-state index in [0.717, 1.165) is 37.8 Å². The molecule has 6 nitrogen and oxygen atoms in total. The molecular formula is C15H19ClN4O2. The SMILES string of the molecule is Cc1ccc(C(CNc2ncc(Cl)cn2)N2CCOCC2)o1. The van der Waals surface area contributed by atoms with Crippen LogP contribution in [0.1, 0.15) is 17.6 Å². The monoisotopic (exact) mass is 322 g/mol. The number of nitrogens with one attached hydrogen (secondary N) is 1. The van der Waals surface area contributed by atoms with Crippen molar-refractivity contribution in [1.82, 2.24) is 14.9 Å². The lowest BCUT2D eigenvalue weighted by atomic mass is 10.1. The van der Waals surface area contributed by atoms with E-state index in [2.05, 4.69) is 20.2 Å². The van der Waals surface area contributed by atoms with Gasteiger partial charge in [0.2, 0.25) is 5.95 Å². The molecule has 0 amide bonds. The van der Waals surface area contributed by atoms with Gasteiger partial charge >= 0.3 is 0 Å². The normalized spacial score (nSPS) is 17.4. The Morgan fingerprint density at radius 3 is 2.64 bits per heavy atom. The number of furan rings is 1. The topological polar surface area (TPSA) is 63.4 Å². The summed E-state index contributed by atoms with van der Waals surface area (Å²) in [6.45, 7) is 5.87. The molecule has 3 heterocycles. The first-order valence-electron chi connectivity index (χ1n) is 7.32. The molecule has 0 aromatic carbocycles. The van der Waals surface area contributed by atoms with Crippen LogP contribution in [0.3, 0.4) is 0 Å². The lowest BCUT2D eigenvalue weighted by Crippen LogP contribution is -2.41. The van der Waals surface area contributed by atoms with Gasteiger partial charge in [0, 0.05) is 19.6 Å². The Balaban J connectivity index is 1.71. The van der Waals surface area contributed by atoms with Crippen LogP contribution in [0.2, 0.25) is 5.02 Å². The van der Waals surface area contributed by atoms with Crippen LogP contribution in [0.15, 0.2) is 28.9 Å². The Hall–Kier alpha value is -1.63. The molecule has 0 saturated carbocycles. The molecule has 0 radical (unpaired) electrons. The van der Waals surface area contributed by atoms with E-state index in [0.29, 0.717) is 17.5 Å². The van der Waals surface area contributed by atoms with Gasteiger partial charge < -0.3 is 14.5 Å². The molecule has 0 spiro atoms. The predicted octanol–water partition coefficient (Wildman–Crippen LogP) is 2.52. The summed E-state index contributed by atoms with van der Waals surface area (Å²) < 4.78 is 11.3. The summed E-state index contributed by atoms with van der Waals surface area (Å²) in [5.74, 6) is 2.42. The van der Waals surface area contributed by atoms with Crippen LogP contribution in [0.5, 0.6) is 0 Å². The van der Waals surface area contributed by atoms with Crippen molar-refractivity contribution < 1.29 is 9.15 Å². The standard InChI is InChI=1S/C15H19ClN4O2/c1-11-2-3-14(22-11)13(20-4-6-21-7-5-20)10-19-15-17-8-12(16)9-18-15/h2-3,8-9,13H,4-7,10H2,1H3,(H,17,18,19). The van der Waals surface area contributed by atoms with Crippen LogP contribution in [-0.2, 0) is 4.74 Å². The van der Waals surface area contributed by atoms with E-state index in [4.69, 9.17) is 20.8 Å². The summed E-state index contributed by atoms with van der Waals surface area (Å²) in [5, 5.41) is 3.78. The molecule has 2 aromatic rings. The fourth-order valence-electron chi connectivity index (χ4n) is 2.52. The van der Waals surface area contributed by atoms with Crippen molar-refractivity contribution in [1.29, 1.82) is 0 Å². The molecule has 3 rings (SSSR count). The molecule has 0 aliphatic carbocycles. The number of anilines is 1. The number of morpholine rings is 1. The minimum atomic E-state index is 0.122. The van der Waals surface area contributed by atoms with Crippen molar-refractivity contribution >= 4 is 17.5 Å². The highest BCUT2D eigenvalue weighted by atomic mass is 35.5. The first-order chi connectivity index (χ1) is 10.7. The molecule has 2 aromatic heterocycles. The second-order valence-electron chi connectivity index (χ2n) is 5.22. The van der Waals surface area contributed by atoms with Gasteiger partial charge in [-0.3, -0.25) is 4.90 Å². The minimum Gasteiger partial charge on any atom is -0.465 e. The molecular weight excluding hydrogens is 304 g/mol. The number of halogens is 1. The van der Waals surface area contributed by atoms with Crippen LogP contribution in [0.25, 0.3) is 0 Å². The molecule has 1 aliphatic heterocycles. The van der Waals surface area contributed by atoms with Crippen LogP contribution in [0, 0.1) is 6.92 Å². The molecule has 1 atom stereocenters. The zero-order chi connectivity index (χ0) is 15.4. The fraction of sp³-hybridized carbons (Fsp3) is 0.467. The van der Waals surface area contributed by atoms with Crippen molar-refractivity contribution in [2.24, 2.45) is 0 Å². The third-order valence-electron chi connectivity index (χ3n) is 3.65. The molecule has 1 fully saturated rings. The number of aromatic nitrogens is 2. The van der Waals surface area contributed by atoms with Crippen molar-refractivity contribution in [3.8, 4) is 0 Å². The summed E-state index contributed by atoms with van der Waals surface area (Å²) >= 11 is 5.80. The van der Waals surface area contributed by atoms with Crippen LogP contribution < -0.4 is 5.32 Å². The Bertz CT molecular complexity index is 596. The first kappa shape index (κ1) is 15.3. The average molecular weight is 323 g/mol. The maximum absolute atomic E-state index is 5.82. The maximum atomic E-state index is 5.82. The number of rotatable bonds is 5. The highest BCUT2D eigenvalue weighted by molar-refractivity contribution is 6.30. The molecule has 1 N–H and O–H groups in total. The van der Waals surface area contributed by atoms with E-state index < -0.39 is 0 Å². The third-order valence-corrected chi connectivity index (χ3v) is 3.85. The smallest absolute Gasteiger partial charge is 0.222 e. The minimum absolute atomic E-state index is 0.122. The second-order valence-corrected chi connectivity index (χ2v) is 5.65. The van der Waals surface area contributed by atoms with Gasteiger partial charge in [-0.2, -0.15) is 0 Å². The quantitative estimate of drug-likeness (QED) is 0.912. The van der Waals surface area contributed by atoms with E-state index >= 15 is 0 Å². The predicted molar refractivity (Wildman–Crippen MR) is 84.1 cm³/mol. The Labute approximate surface area is 134 Å². The zero-order valence-electron chi connectivity index (χ0n) is 12.5. The molecule has 1 unspecified atom stereocenters. The number of aryl methyl sites for hydroxylation is 1. The molecule has 0 bridgehead atoms. The molecule has 1 aliphatic rings. The summed E-state index contributed by atoms with van der Waals surface area (Å²) in [7, 11) is 0. The maximum Gasteiger partial charge on any atom is 0.222 e. The van der Waals surface area contributed by atoms with E-state index in [1.807, 2.05) is 19.1 Å². The van der Waals surface area contributed by atoms with Crippen molar-refractivity contribution in [2.45, 2.75) is 13.0 Å². The zero-order valence-corrected chi connectivity index (χ0v) is 13.2. The molecule has 22 heavy (non-hydrogen) atoms. The van der Waals surface area contributed by atoms with Crippen LogP contribution in [-0.4, -0.2) is 47.7 Å². The van der Waals surface area contributed by atoms with Crippen molar-refractivity contribution in [2.75, 3.05) is 38.2 Å². The fourth-order valence-corrected chi connectivity index (χ4v) is 2.62. The summed E-state index contributed by atoms with van der Waals surface area (Å²) in [6, 6.07) is 4.14. The van der Waals surface area contributed by atoms with Gasteiger partial charge in [-0.1, -0.05) is 11.6 Å². The third kappa shape index (κ3) is 3.76. The highest BCUT2D eigenvalue weighted by Crippen LogP contribution is 2.24. The molecule has 118 valence electrons. The van der Waals surface area contributed by atoms with Crippen molar-refractivity contribution in [3.05, 3.63) is 41.1 Å². The van der Waals surface area contributed by atoms with Crippen LogP contribution in [0.4, 0.5) is 5.95 Å². The largest absolute Gasteiger partial charge is 0.465 e. The van der Waals surface area contributed by atoms with E-state index in [-0.39, 0.29) is 6.04 Å². The van der Waals surface area contributed by atoms with E-state index in [1.54, 1.807) is 12.4 Å². The van der Waals surface area contributed by atoms with E-state index in [9.17, 15) is 0 Å². The van der Waals surface area contributed by atoms with Crippen molar-refractivity contribution in [3.63, 3.8) is 0 Å². The number of hydrogen-bond acceptors (Lipinski definition) is 6. The van der Waals surface area contributed by atoms with Gasteiger partial charge in [-0.25, -0.2) is 9.97 Å². The van der Waals surface area contributed by atoms with Gasteiger partial charge in [0.05, 0.1) is 36.7 Å². The van der Waals surface area contributed by atoms with Gasteiger partial charge in [-0.15, -0.1) is 0 Å². The lowest BCUT2D eigenvalue weighted by Gasteiger charge is -2.33. The summed E-state index contributed by atoms with van der Waals surface area (Å²) in [4.78, 5) is 10.7. The number of nitrogens with zero attached hydrogens (tertiary/aromatic N) is 3. The first-order valence-corrected chi connectivity index (χ1v) is 7.70. The Morgan fingerprint density at radius 2 is 2.00 bits per heavy atom. The van der Waals surface area contributed by atoms with E-state index in [1.165, 1.54) is 0 Å². The summed E-state index contributed by atoms with van der Waals surface area (Å²) in [6.07, 6.45) is 3.16. The second kappa shape index (κ2) is 7.09. The lowest BCUT2D eigenvalue weighted by molar-refractivity contribution is 0.0143. The van der Waals surface area contributed by atoms with Gasteiger partial charge in [0.25, 0.3) is 0 Å².